The van der Waals surface area contributed by atoms with Crippen LogP contribution in [0, 0.1) is 0 Å². The minimum absolute atomic E-state index is 0.130. The molecule has 3 heteroatoms. The highest BCUT2D eigenvalue weighted by atomic mass is 15.3. The zero-order chi connectivity index (χ0) is 14.2. The number of aromatic nitrogens is 2. The normalized spacial score (nSPS) is 19.4. The van der Waals surface area contributed by atoms with E-state index < -0.39 is 0 Å². The van der Waals surface area contributed by atoms with Crippen LogP contribution in [0.5, 0.6) is 0 Å². The van der Waals surface area contributed by atoms with Gasteiger partial charge in [-0.1, -0.05) is 39.0 Å². The fourth-order valence-electron chi connectivity index (χ4n) is 2.99. The van der Waals surface area contributed by atoms with Gasteiger partial charge < -0.3 is 5.32 Å². The number of hydrogen-bond donors (Lipinski definition) is 1. The number of benzene rings is 1. The first-order valence-electron chi connectivity index (χ1n) is 7.42. The van der Waals surface area contributed by atoms with Gasteiger partial charge in [-0.05, 0) is 36.1 Å². The number of nitrogens with zero attached hydrogens (tertiary/aromatic N) is 2. The minimum atomic E-state index is 0.130. The molecular formula is C17H23N3. The standard InChI is InChI=1S/C17H23N3/c1-17(2,3)15-12-19-20(14-7-5-4-6-8-14)16(15)13-9-10-18-11-13/h4-8,12-13,18H,9-11H2,1-3H3. The summed E-state index contributed by atoms with van der Waals surface area (Å²) in [6.45, 7) is 8.97. The molecule has 3 nitrogen and oxygen atoms in total. The van der Waals surface area contributed by atoms with Crippen LogP contribution in [0.2, 0.25) is 0 Å². The van der Waals surface area contributed by atoms with Crippen molar-refractivity contribution in [1.29, 1.82) is 0 Å². The Bertz CT molecular complexity index is 572. The van der Waals surface area contributed by atoms with Crippen LogP contribution in [-0.2, 0) is 5.41 Å². The van der Waals surface area contributed by atoms with Gasteiger partial charge in [0.15, 0.2) is 0 Å². The van der Waals surface area contributed by atoms with Gasteiger partial charge in [-0.15, -0.1) is 0 Å². The molecule has 3 rings (SSSR count). The SMILES string of the molecule is CC(C)(C)c1cnn(-c2ccccc2)c1C1CCNC1. The smallest absolute Gasteiger partial charge is 0.0649 e. The zero-order valence-corrected chi connectivity index (χ0v) is 12.6. The molecule has 1 unspecified atom stereocenters. The third kappa shape index (κ3) is 2.38. The van der Waals surface area contributed by atoms with Gasteiger partial charge >= 0.3 is 0 Å². The monoisotopic (exact) mass is 269 g/mol. The molecule has 20 heavy (non-hydrogen) atoms. The van der Waals surface area contributed by atoms with Gasteiger partial charge in [-0.3, -0.25) is 0 Å². The van der Waals surface area contributed by atoms with Crippen molar-refractivity contribution >= 4 is 0 Å². The number of hydrogen-bond acceptors (Lipinski definition) is 2. The van der Waals surface area contributed by atoms with Crippen molar-refractivity contribution in [3.05, 3.63) is 47.8 Å². The highest BCUT2D eigenvalue weighted by Crippen LogP contribution is 2.34. The topological polar surface area (TPSA) is 29.9 Å². The summed E-state index contributed by atoms with van der Waals surface area (Å²) < 4.78 is 2.14. The molecule has 1 aromatic carbocycles. The van der Waals surface area contributed by atoms with Crippen LogP contribution in [-0.4, -0.2) is 22.9 Å². The molecule has 1 aliphatic rings. The average molecular weight is 269 g/mol. The van der Waals surface area contributed by atoms with Crippen LogP contribution in [0.15, 0.2) is 36.5 Å². The van der Waals surface area contributed by atoms with E-state index in [2.05, 4.69) is 72.4 Å². The summed E-state index contributed by atoms with van der Waals surface area (Å²) in [4.78, 5) is 0. The molecule has 1 saturated heterocycles. The van der Waals surface area contributed by atoms with Crippen LogP contribution < -0.4 is 5.32 Å². The maximum absolute atomic E-state index is 4.69. The van der Waals surface area contributed by atoms with Crippen molar-refractivity contribution in [2.45, 2.75) is 38.5 Å². The Morgan fingerprint density at radius 2 is 1.95 bits per heavy atom. The van der Waals surface area contributed by atoms with E-state index >= 15 is 0 Å². The Morgan fingerprint density at radius 1 is 1.20 bits per heavy atom. The molecule has 2 aromatic rings. The molecule has 2 heterocycles. The predicted octanol–water partition coefficient (Wildman–Crippen LogP) is 3.25. The second-order valence-electron chi connectivity index (χ2n) is 6.63. The predicted molar refractivity (Wildman–Crippen MR) is 82.5 cm³/mol. The van der Waals surface area contributed by atoms with E-state index in [0.717, 1.165) is 18.8 Å². The van der Waals surface area contributed by atoms with Gasteiger partial charge in [0.1, 0.15) is 0 Å². The van der Waals surface area contributed by atoms with Crippen molar-refractivity contribution in [3.8, 4) is 5.69 Å². The number of para-hydroxylation sites is 1. The van der Waals surface area contributed by atoms with E-state index in [1.54, 1.807) is 0 Å². The molecule has 0 saturated carbocycles. The van der Waals surface area contributed by atoms with Crippen LogP contribution in [0.25, 0.3) is 5.69 Å². The summed E-state index contributed by atoms with van der Waals surface area (Å²) in [5.74, 6) is 0.562. The molecule has 0 spiro atoms. The van der Waals surface area contributed by atoms with E-state index in [1.165, 1.54) is 17.7 Å². The molecule has 106 valence electrons. The first-order valence-corrected chi connectivity index (χ1v) is 7.42. The summed E-state index contributed by atoms with van der Waals surface area (Å²) in [5, 5.41) is 8.16. The van der Waals surface area contributed by atoms with Crippen molar-refractivity contribution in [1.82, 2.24) is 15.1 Å². The van der Waals surface area contributed by atoms with E-state index in [0.29, 0.717) is 5.92 Å². The Kier molecular flexibility index (Phi) is 3.38. The Labute approximate surface area is 121 Å². The van der Waals surface area contributed by atoms with E-state index in [-0.39, 0.29) is 5.41 Å². The van der Waals surface area contributed by atoms with E-state index in [4.69, 9.17) is 0 Å². The largest absolute Gasteiger partial charge is 0.316 e. The zero-order valence-electron chi connectivity index (χ0n) is 12.6. The maximum atomic E-state index is 4.69. The first-order chi connectivity index (χ1) is 9.57. The molecule has 1 N–H and O–H groups in total. The summed E-state index contributed by atoms with van der Waals surface area (Å²) in [5.41, 5.74) is 4.04. The molecule has 1 aromatic heterocycles. The fourth-order valence-corrected chi connectivity index (χ4v) is 2.99. The molecule has 0 aliphatic carbocycles. The van der Waals surface area contributed by atoms with Crippen LogP contribution in [0.3, 0.4) is 0 Å². The quantitative estimate of drug-likeness (QED) is 0.907. The lowest BCUT2D eigenvalue weighted by Crippen LogP contribution is -2.18. The average Bonchev–Trinajstić information content (AvgIpc) is 3.07. The number of nitrogens with one attached hydrogen (secondary N) is 1. The fraction of sp³-hybridized carbons (Fsp3) is 0.471. The van der Waals surface area contributed by atoms with Gasteiger partial charge in [-0.25, -0.2) is 4.68 Å². The van der Waals surface area contributed by atoms with Gasteiger partial charge in [0.05, 0.1) is 17.6 Å². The summed E-state index contributed by atoms with van der Waals surface area (Å²) in [6.07, 6.45) is 3.25. The van der Waals surface area contributed by atoms with Crippen LogP contribution >= 0.6 is 0 Å². The lowest BCUT2D eigenvalue weighted by Gasteiger charge is -2.23. The molecule has 1 aliphatic heterocycles. The third-order valence-electron chi connectivity index (χ3n) is 4.06. The maximum Gasteiger partial charge on any atom is 0.0649 e. The van der Waals surface area contributed by atoms with Crippen LogP contribution in [0.1, 0.15) is 44.4 Å². The Balaban J connectivity index is 2.13. The van der Waals surface area contributed by atoms with Crippen molar-refractivity contribution in [3.63, 3.8) is 0 Å². The highest BCUT2D eigenvalue weighted by Gasteiger charge is 2.29. The van der Waals surface area contributed by atoms with E-state index in [1.807, 2.05) is 0 Å². The number of rotatable bonds is 2. The molecule has 1 fully saturated rings. The minimum Gasteiger partial charge on any atom is -0.316 e. The molecule has 1 atom stereocenters. The van der Waals surface area contributed by atoms with Crippen molar-refractivity contribution < 1.29 is 0 Å². The first kappa shape index (κ1) is 13.4. The van der Waals surface area contributed by atoms with Gasteiger partial charge in [-0.2, -0.15) is 5.10 Å². The van der Waals surface area contributed by atoms with Crippen molar-refractivity contribution in [2.75, 3.05) is 13.1 Å². The highest BCUT2D eigenvalue weighted by molar-refractivity contribution is 5.39. The third-order valence-corrected chi connectivity index (χ3v) is 4.06. The van der Waals surface area contributed by atoms with Crippen LogP contribution in [0.4, 0.5) is 0 Å². The Morgan fingerprint density at radius 3 is 2.55 bits per heavy atom. The second kappa shape index (κ2) is 5.06. The van der Waals surface area contributed by atoms with Gasteiger partial charge in [0.2, 0.25) is 0 Å². The van der Waals surface area contributed by atoms with Gasteiger partial charge in [0, 0.05) is 12.5 Å². The molecule has 0 radical (unpaired) electrons. The summed E-state index contributed by atoms with van der Waals surface area (Å²) in [7, 11) is 0. The lowest BCUT2D eigenvalue weighted by molar-refractivity contribution is 0.566. The second-order valence-corrected chi connectivity index (χ2v) is 6.63. The van der Waals surface area contributed by atoms with Crippen molar-refractivity contribution in [2.24, 2.45) is 0 Å². The van der Waals surface area contributed by atoms with Gasteiger partial charge in [0.25, 0.3) is 0 Å². The summed E-state index contributed by atoms with van der Waals surface area (Å²) >= 11 is 0. The molecule has 0 amide bonds. The Hall–Kier alpha value is -1.61. The van der Waals surface area contributed by atoms with E-state index in [9.17, 15) is 0 Å². The summed E-state index contributed by atoms with van der Waals surface area (Å²) in [6, 6.07) is 10.5. The lowest BCUT2D eigenvalue weighted by atomic mass is 9.84. The molecular weight excluding hydrogens is 246 g/mol. The molecule has 0 bridgehead atoms.